The van der Waals surface area contributed by atoms with E-state index in [1.54, 1.807) is 18.5 Å². The first-order valence-electron chi connectivity index (χ1n) is 5.95. The number of H-pyrrole nitrogens is 1. The van der Waals surface area contributed by atoms with E-state index < -0.39 is 11.5 Å². The Morgan fingerprint density at radius 2 is 2.32 bits per heavy atom. The van der Waals surface area contributed by atoms with Crippen molar-refractivity contribution in [2.24, 2.45) is 5.92 Å². The Bertz CT molecular complexity index is 615. The van der Waals surface area contributed by atoms with E-state index in [0.717, 1.165) is 0 Å². The third-order valence-corrected chi connectivity index (χ3v) is 2.42. The largest absolute Gasteiger partial charge is 0.352 e. The molecule has 0 saturated carbocycles. The summed E-state index contributed by atoms with van der Waals surface area (Å²) < 4.78 is 1.41. The Labute approximate surface area is 109 Å². The molecule has 7 heteroatoms. The van der Waals surface area contributed by atoms with Crippen LogP contribution in [-0.2, 0) is 0 Å². The summed E-state index contributed by atoms with van der Waals surface area (Å²) in [5.41, 5.74) is -0.488. The lowest BCUT2D eigenvalue weighted by Crippen LogP contribution is -2.32. The molecule has 0 fully saturated rings. The van der Waals surface area contributed by atoms with Crippen molar-refractivity contribution in [2.75, 3.05) is 6.54 Å². The van der Waals surface area contributed by atoms with Crippen molar-refractivity contribution in [3.05, 3.63) is 40.6 Å². The van der Waals surface area contributed by atoms with Crippen LogP contribution in [0, 0.1) is 5.92 Å². The Balaban J connectivity index is 2.20. The van der Waals surface area contributed by atoms with Crippen LogP contribution in [0.4, 0.5) is 0 Å². The van der Waals surface area contributed by atoms with Gasteiger partial charge < -0.3 is 5.32 Å². The molecular weight excluding hydrogens is 246 g/mol. The Hall–Kier alpha value is -2.44. The number of nitrogens with one attached hydrogen (secondary N) is 2. The minimum absolute atomic E-state index is 0.00319. The number of carbonyl (C=O) groups excluding carboxylic acids is 1. The second-order valence-corrected chi connectivity index (χ2v) is 4.50. The van der Waals surface area contributed by atoms with Gasteiger partial charge in [0.2, 0.25) is 5.95 Å². The zero-order chi connectivity index (χ0) is 13.8. The highest BCUT2D eigenvalue weighted by molar-refractivity contribution is 5.93. The molecule has 0 aliphatic rings. The van der Waals surface area contributed by atoms with E-state index in [-0.39, 0.29) is 11.5 Å². The van der Waals surface area contributed by atoms with E-state index in [1.165, 1.54) is 10.9 Å². The molecule has 2 rings (SSSR count). The molecule has 0 spiro atoms. The van der Waals surface area contributed by atoms with Crippen molar-refractivity contribution in [2.45, 2.75) is 13.8 Å². The Morgan fingerprint density at radius 3 is 2.89 bits per heavy atom. The zero-order valence-electron chi connectivity index (χ0n) is 10.8. The number of aromatic amines is 1. The number of aromatic nitrogens is 4. The molecule has 0 saturated heterocycles. The first-order chi connectivity index (χ1) is 9.08. The lowest BCUT2D eigenvalue weighted by molar-refractivity contribution is 0.0947. The van der Waals surface area contributed by atoms with Crippen molar-refractivity contribution < 1.29 is 4.79 Å². The summed E-state index contributed by atoms with van der Waals surface area (Å²) >= 11 is 0. The minimum Gasteiger partial charge on any atom is -0.352 e. The van der Waals surface area contributed by atoms with Crippen LogP contribution in [0.15, 0.2) is 29.5 Å². The molecule has 0 radical (unpaired) electrons. The second kappa shape index (κ2) is 5.47. The molecular formula is C12H15N5O2. The van der Waals surface area contributed by atoms with Crippen LogP contribution in [0.5, 0.6) is 0 Å². The summed E-state index contributed by atoms with van der Waals surface area (Å²) in [6, 6.07) is 1.71. The monoisotopic (exact) mass is 261 g/mol. The SMILES string of the molecule is CC(C)CNC(=O)c1cnc(-n2cccn2)[nH]c1=O. The summed E-state index contributed by atoms with van der Waals surface area (Å²) in [6.45, 7) is 4.46. The molecule has 2 heterocycles. The fraction of sp³-hybridized carbons (Fsp3) is 0.333. The normalized spacial score (nSPS) is 10.7. The van der Waals surface area contributed by atoms with Gasteiger partial charge in [-0.15, -0.1) is 0 Å². The first kappa shape index (κ1) is 13.0. The summed E-state index contributed by atoms with van der Waals surface area (Å²) in [6.07, 6.45) is 4.48. The van der Waals surface area contributed by atoms with E-state index in [2.05, 4.69) is 20.4 Å². The van der Waals surface area contributed by atoms with Gasteiger partial charge in [0.25, 0.3) is 11.5 Å². The van der Waals surface area contributed by atoms with Crippen LogP contribution >= 0.6 is 0 Å². The topological polar surface area (TPSA) is 92.7 Å². The van der Waals surface area contributed by atoms with Gasteiger partial charge in [-0.1, -0.05) is 13.8 Å². The van der Waals surface area contributed by atoms with Crippen molar-refractivity contribution in [1.29, 1.82) is 0 Å². The molecule has 7 nitrogen and oxygen atoms in total. The van der Waals surface area contributed by atoms with Gasteiger partial charge in [-0.2, -0.15) is 5.10 Å². The van der Waals surface area contributed by atoms with Crippen LogP contribution in [-0.4, -0.2) is 32.2 Å². The van der Waals surface area contributed by atoms with Crippen LogP contribution in [0.3, 0.4) is 0 Å². The van der Waals surface area contributed by atoms with E-state index in [1.807, 2.05) is 13.8 Å². The van der Waals surface area contributed by atoms with Crippen molar-refractivity contribution in [3.8, 4) is 5.95 Å². The van der Waals surface area contributed by atoms with Crippen molar-refractivity contribution in [1.82, 2.24) is 25.1 Å². The molecule has 100 valence electrons. The molecule has 0 aliphatic carbocycles. The van der Waals surface area contributed by atoms with Gasteiger partial charge in [-0.05, 0) is 12.0 Å². The molecule has 1 amide bonds. The van der Waals surface area contributed by atoms with Crippen LogP contribution in [0.25, 0.3) is 5.95 Å². The first-order valence-corrected chi connectivity index (χ1v) is 5.95. The molecule has 0 unspecified atom stereocenters. The summed E-state index contributed by atoms with van der Waals surface area (Å²) in [5, 5.41) is 6.62. The number of amides is 1. The van der Waals surface area contributed by atoms with E-state index in [9.17, 15) is 9.59 Å². The number of hydrogen-bond acceptors (Lipinski definition) is 4. The number of rotatable bonds is 4. The standard InChI is InChI=1S/C12H15N5O2/c1-8(2)6-13-10(18)9-7-14-12(16-11(9)19)17-5-3-4-15-17/h3-5,7-8H,6H2,1-2H3,(H,13,18)(H,14,16,19). The highest BCUT2D eigenvalue weighted by Gasteiger charge is 2.12. The van der Waals surface area contributed by atoms with E-state index in [0.29, 0.717) is 12.5 Å². The van der Waals surface area contributed by atoms with Gasteiger partial charge in [-0.3, -0.25) is 14.6 Å². The van der Waals surface area contributed by atoms with Gasteiger partial charge in [0.05, 0.1) is 0 Å². The van der Waals surface area contributed by atoms with Gasteiger partial charge in [0.1, 0.15) is 5.56 Å². The van der Waals surface area contributed by atoms with E-state index >= 15 is 0 Å². The lowest BCUT2D eigenvalue weighted by atomic mass is 10.2. The lowest BCUT2D eigenvalue weighted by Gasteiger charge is -2.07. The predicted octanol–water partition coefficient (Wildman–Crippen LogP) is 0.341. The molecule has 0 aliphatic heterocycles. The number of nitrogens with zero attached hydrogens (tertiary/aromatic N) is 3. The molecule has 19 heavy (non-hydrogen) atoms. The zero-order valence-corrected chi connectivity index (χ0v) is 10.8. The summed E-state index contributed by atoms with van der Waals surface area (Å²) in [4.78, 5) is 30.1. The molecule has 2 N–H and O–H groups in total. The number of carbonyl (C=O) groups is 1. The second-order valence-electron chi connectivity index (χ2n) is 4.50. The minimum atomic E-state index is -0.484. The maximum atomic E-state index is 11.8. The Morgan fingerprint density at radius 1 is 1.53 bits per heavy atom. The maximum Gasteiger partial charge on any atom is 0.265 e. The highest BCUT2D eigenvalue weighted by atomic mass is 16.2. The third kappa shape index (κ3) is 3.06. The molecule has 0 atom stereocenters. The number of hydrogen-bond donors (Lipinski definition) is 2. The van der Waals surface area contributed by atoms with Crippen LogP contribution < -0.4 is 10.9 Å². The smallest absolute Gasteiger partial charge is 0.265 e. The van der Waals surface area contributed by atoms with E-state index in [4.69, 9.17) is 0 Å². The maximum absolute atomic E-state index is 11.8. The summed E-state index contributed by atoms with van der Waals surface area (Å²) in [5.74, 6) is 0.171. The van der Waals surface area contributed by atoms with Gasteiger partial charge >= 0.3 is 0 Å². The highest BCUT2D eigenvalue weighted by Crippen LogP contribution is 1.97. The average Bonchev–Trinajstić information content (AvgIpc) is 2.89. The van der Waals surface area contributed by atoms with Crippen molar-refractivity contribution >= 4 is 5.91 Å². The molecule has 2 aromatic rings. The van der Waals surface area contributed by atoms with Crippen LogP contribution in [0.1, 0.15) is 24.2 Å². The molecule has 2 aromatic heterocycles. The predicted molar refractivity (Wildman–Crippen MR) is 69.2 cm³/mol. The average molecular weight is 261 g/mol. The van der Waals surface area contributed by atoms with Crippen molar-refractivity contribution in [3.63, 3.8) is 0 Å². The fourth-order valence-corrected chi connectivity index (χ4v) is 1.45. The fourth-order valence-electron chi connectivity index (χ4n) is 1.45. The molecule has 0 aromatic carbocycles. The quantitative estimate of drug-likeness (QED) is 0.830. The third-order valence-electron chi connectivity index (χ3n) is 2.42. The molecule has 0 bridgehead atoms. The van der Waals surface area contributed by atoms with Gasteiger partial charge in [0, 0.05) is 25.1 Å². The van der Waals surface area contributed by atoms with Gasteiger partial charge in [-0.25, -0.2) is 9.67 Å². The summed E-state index contributed by atoms with van der Waals surface area (Å²) in [7, 11) is 0. The Kier molecular flexibility index (Phi) is 3.74. The van der Waals surface area contributed by atoms with Gasteiger partial charge in [0.15, 0.2) is 0 Å². The van der Waals surface area contributed by atoms with Crippen LogP contribution in [0.2, 0.25) is 0 Å².